The molecule has 0 N–H and O–H groups in total. The van der Waals surface area contributed by atoms with Gasteiger partial charge in [0.2, 0.25) is 5.91 Å². The molecular weight excluding hydrogens is 292 g/mol. The van der Waals surface area contributed by atoms with Gasteiger partial charge in [-0.2, -0.15) is 0 Å². The third-order valence-electron chi connectivity index (χ3n) is 3.60. The van der Waals surface area contributed by atoms with Crippen molar-refractivity contribution in [3.05, 3.63) is 17.5 Å². The van der Waals surface area contributed by atoms with Crippen LogP contribution >= 0.6 is 0 Å². The van der Waals surface area contributed by atoms with Crippen LogP contribution in [0.25, 0.3) is 0 Å². The Kier molecular flexibility index (Phi) is 4.70. The van der Waals surface area contributed by atoms with Crippen molar-refractivity contribution < 1.29 is 17.7 Å². The van der Waals surface area contributed by atoms with Crippen LogP contribution in [-0.2, 0) is 20.4 Å². The molecule has 1 aliphatic heterocycles. The molecule has 0 radical (unpaired) electrons. The summed E-state index contributed by atoms with van der Waals surface area (Å²) in [7, 11) is -3.53. The minimum Gasteiger partial charge on any atom is -0.360 e. The van der Waals surface area contributed by atoms with Crippen LogP contribution in [0.5, 0.6) is 0 Å². The van der Waals surface area contributed by atoms with E-state index >= 15 is 0 Å². The lowest BCUT2D eigenvalue weighted by atomic mass is 9.92. The number of hydrogen-bond donors (Lipinski definition) is 0. The zero-order valence-electron chi connectivity index (χ0n) is 12.7. The molecule has 21 heavy (non-hydrogen) atoms. The molecular formula is C14H22N2O4S. The Morgan fingerprint density at radius 2 is 2.00 bits per heavy atom. The second-order valence-electron chi connectivity index (χ2n) is 6.21. The van der Waals surface area contributed by atoms with E-state index < -0.39 is 15.6 Å². The third-order valence-corrected chi connectivity index (χ3v) is 5.02. The first kappa shape index (κ1) is 16.0. The van der Waals surface area contributed by atoms with Gasteiger partial charge in [0.25, 0.3) is 0 Å². The van der Waals surface area contributed by atoms with E-state index in [0.717, 1.165) is 6.42 Å². The average Bonchev–Trinajstić information content (AvgIpc) is 2.71. The smallest absolute Gasteiger partial charge is 0.237 e. The van der Waals surface area contributed by atoms with E-state index in [1.54, 1.807) is 17.9 Å². The highest BCUT2D eigenvalue weighted by Gasteiger charge is 2.28. The monoisotopic (exact) mass is 314 g/mol. The lowest BCUT2D eigenvalue weighted by Crippen LogP contribution is -2.45. The van der Waals surface area contributed by atoms with E-state index in [9.17, 15) is 13.2 Å². The summed E-state index contributed by atoms with van der Waals surface area (Å²) in [6.07, 6.45) is 1.08. The van der Waals surface area contributed by atoms with Gasteiger partial charge in [0.15, 0.2) is 15.6 Å². The summed E-state index contributed by atoms with van der Waals surface area (Å²) in [4.78, 5) is 13.9. The molecule has 7 heteroatoms. The van der Waals surface area contributed by atoms with Gasteiger partial charge in [-0.15, -0.1) is 0 Å². The Bertz CT molecular complexity index is 598. The summed E-state index contributed by atoms with van der Waals surface area (Å²) in [5.74, 6) is 0.0463. The van der Waals surface area contributed by atoms with Crippen LogP contribution in [0.1, 0.15) is 31.7 Å². The summed E-state index contributed by atoms with van der Waals surface area (Å²) in [6.45, 7) is 7.17. The number of hydrogen-bond acceptors (Lipinski definition) is 5. The maximum atomic E-state index is 12.2. The molecule has 1 amide bonds. The average molecular weight is 314 g/mol. The normalized spacial score (nSPS) is 23.3. The number of likely N-dealkylation sites (tertiary alicyclic amines) is 1. The largest absolute Gasteiger partial charge is 0.360 e. The Hall–Kier alpha value is -1.37. The quantitative estimate of drug-likeness (QED) is 0.839. The maximum absolute atomic E-state index is 12.2. The SMILES string of the molecule is Cc1cc(CS(=O)(=O)CC(=O)N2C[C@@H](C)C[C@H](C)C2)on1. The van der Waals surface area contributed by atoms with Gasteiger partial charge in [0.05, 0.1) is 5.69 Å². The molecule has 1 aliphatic rings. The first-order chi connectivity index (χ1) is 9.75. The molecule has 0 bridgehead atoms. The van der Waals surface area contributed by atoms with E-state index in [-0.39, 0.29) is 17.4 Å². The molecule has 0 aliphatic carbocycles. The fourth-order valence-corrected chi connectivity index (χ4v) is 4.13. The number of piperidine rings is 1. The first-order valence-electron chi connectivity index (χ1n) is 7.15. The second-order valence-corrected chi connectivity index (χ2v) is 8.28. The Morgan fingerprint density at radius 1 is 1.38 bits per heavy atom. The highest BCUT2D eigenvalue weighted by Crippen LogP contribution is 2.21. The van der Waals surface area contributed by atoms with Crippen LogP contribution in [0.4, 0.5) is 0 Å². The fourth-order valence-electron chi connectivity index (χ4n) is 2.90. The Morgan fingerprint density at radius 3 is 2.52 bits per heavy atom. The van der Waals surface area contributed by atoms with Crippen LogP contribution in [0, 0.1) is 18.8 Å². The van der Waals surface area contributed by atoms with Crippen LogP contribution in [0.2, 0.25) is 0 Å². The molecule has 0 spiro atoms. The molecule has 118 valence electrons. The summed E-state index contributed by atoms with van der Waals surface area (Å²) in [6, 6.07) is 1.58. The standard InChI is InChI=1S/C14H22N2O4S/c1-10-4-11(2)7-16(6-10)14(17)9-21(18,19)8-13-5-12(3)15-20-13/h5,10-11H,4,6-9H2,1-3H3/t10-,11-/m0/s1. The number of amides is 1. The van der Waals surface area contributed by atoms with Gasteiger partial charge in [-0.05, 0) is 25.2 Å². The molecule has 0 saturated carbocycles. The highest BCUT2D eigenvalue weighted by molar-refractivity contribution is 7.91. The van der Waals surface area contributed by atoms with Crippen LogP contribution in [0.15, 0.2) is 10.6 Å². The molecule has 2 rings (SSSR count). The van der Waals surface area contributed by atoms with Gasteiger partial charge in [0, 0.05) is 19.2 Å². The Labute approximate surface area is 125 Å². The van der Waals surface area contributed by atoms with Gasteiger partial charge in [-0.3, -0.25) is 4.79 Å². The van der Waals surface area contributed by atoms with Gasteiger partial charge < -0.3 is 9.42 Å². The molecule has 1 saturated heterocycles. The molecule has 0 unspecified atom stereocenters. The summed E-state index contributed by atoms with van der Waals surface area (Å²) in [5.41, 5.74) is 0.630. The van der Waals surface area contributed by atoms with Gasteiger partial charge >= 0.3 is 0 Å². The molecule has 1 aromatic heterocycles. The van der Waals surface area contributed by atoms with Crippen molar-refractivity contribution in [2.75, 3.05) is 18.8 Å². The summed E-state index contributed by atoms with van der Waals surface area (Å²) < 4.78 is 29.1. The van der Waals surface area contributed by atoms with Crippen molar-refractivity contribution in [3.8, 4) is 0 Å². The fraction of sp³-hybridized carbons (Fsp3) is 0.714. The first-order valence-corrected chi connectivity index (χ1v) is 8.97. The van der Waals surface area contributed by atoms with E-state index in [4.69, 9.17) is 4.52 Å². The molecule has 2 heterocycles. The zero-order chi connectivity index (χ0) is 15.6. The predicted molar refractivity (Wildman–Crippen MR) is 78.3 cm³/mol. The highest BCUT2D eigenvalue weighted by atomic mass is 32.2. The van der Waals surface area contributed by atoms with Crippen LogP contribution in [0.3, 0.4) is 0 Å². The Balaban J connectivity index is 1.97. The van der Waals surface area contributed by atoms with E-state index in [1.807, 2.05) is 0 Å². The van der Waals surface area contributed by atoms with Crippen molar-refractivity contribution in [2.24, 2.45) is 11.8 Å². The number of carbonyl (C=O) groups is 1. The molecule has 1 fully saturated rings. The van der Waals surface area contributed by atoms with Crippen LogP contribution in [-0.4, -0.2) is 43.2 Å². The minimum absolute atomic E-state index is 0.278. The van der Waals surface area contributed by atoms with Crippen molar-refractivity contribution >= 4 is 15.7 Å². The minimum atomic E-state index is -3.53. The van der Waals surface area contributed by atoms with Gasteiger partial charge in [-0.1, -0.05) is 19.0 Å². The maximum Gasteiger partial charge on any atom is 0.237 e. The number of aryl methyl sites for hydroxylation is 1. The molecule has 1 aromatic rings. The van der Waals surface area contributed by atoms with Crippen molar-refractivity contribution in [1.29, 1.82) is 0 Å². The van der Waals surface area contributed by atoms with E-state index in [0.29, 0.717) is 30.6 Å². The van der Waals surface area contributed by atoms with Crippen molar-refractivity contribution in [2.45, 2.75) is 32.9 Å². The molecule has 6 nitrogen and oxygen atoms in total. The van der Waals surface area contributed by atoms with Crippen molar-refractivity contribution in [1.82, 2.24) is 10.1 Å². The zero-order valence-corrected chi connectivity index (χ0v) is 13.5. The number of rotatable bonds is 4. The predicted octanol–water partition coefficient (Wildman–Crippen LogP) is 1.40. The van der Waals surface area contributed by atoms with Crippen molar-refractivity contribution in [3.63, 3.8) is 0 Å². The molecule has 2 atom stereocenters. The number of aromatic nitrogens is 1. The second kappa shape index (κ2) is 6.17. The van der Waals surface area contributed by atoms with Crippen LogP contribution < -0.4 is 0 Å². The third kappa shape index (κ3) is 4.56. The lowest BCUT2D eigenvalue weighted by molar-refractivity contribution is -0.131. The lowest BCUT2D eigenvalue weighted by Gasteiger charge is -2.34. The van der Waals surface area contributed by atoms with Gasteiger partial charge in [0.1, 0.15) is 11.5 Å². The number of nitrogens with zero attached hydrogens (tertiary/aromatic N) is 2. The summed E-state index contributed by atoms with van der Waals surface area (Å²) in [5, 5.41) is 3.65. The van der Waals surface area contributed by atoms with E-state index in [2.05, 4.69) is 19.0 Å². The van der Waals surface area contributed by atoms with Gasteiger partial charge in [-0.25, -0.2) is 8.42 Å². The number of sulfone groups is 1. The topological polar surface area (TPSA) is 80.5 Å². The number of carbonyl (C=O) groups excluding carboxylic acids is 1. The molecule has 0 aromatic carbocycles. The summed E-state index contributed by atoms with van der Waals surface area (Å²) >= 11 is 0. The van der Waals surface area contributed by atoms with E-state index in [1.165, 1.54) is 0 Å².